The molecule has 0 aliphatic rings. The van der Waals surface area contributed by atoms with E-state index in [4.69, 9.17) is 10.1 Å². The van der Waals surface area contributed by atoms with E-state index in [1.807, 2.05) is 24.3 Å². The summed E-state index contributed by atoms with van der Waals surface area (Å²) in [4.78, 5) is 64.4. The van der Waals surface area contributed by atoms with E-state index in [0.717, 1.165) is 16.5 Å². The second-order valence-corrected chi connectivity index (χ2v) is 8.01. The monoisotopic (exact) mass is 485 g/mol. The summed E-state index contributed by atoms with van der Waals surface area (Å²) in [5.74, 6) is -2.91. The Balaban J connectivity index is 2.20. The van der Waals surface area contributed by atoms with Crippen LogP contribution in [0.25, 0.3) is 10.9 Å². The summed E-state index contributed by atoms with van der Waals surface area (Å²) < 4.78 is 4.88. The van der Waals surface area contributed by atoms with Gasteiger partial charge in [-0.25, -0.2) is 4.79 Å². The van der Waals surface area contributed by atoms with Gasteiger partial charge in [-0.05, 0) is 31.9 Å². The topological polar surface area (TPSA) is 170 Å². The molecule has 11 heteroatoms. The first-order chi connectivity index (χ1) is 16.7. The molecule has 3 atom stereocenters. The molecule has 2 rings (SSSR count). The number of hydrogen-bond acceptors (Lipinski definition) is 7. The molecule has 1 heterocycles. The number of amides is 3. The molecule has 2 aromatic rings. The van der Waals surface area contributed by atoms with Crippen LogP contribution >= 0.6 is 0 Å². The first kappa shape index (κ1) is 27.2. The van der Waals surface area contributed by atoms with Crippen LogP contribution in [0.15, 0.2) is 30.5 Å². The van der Waals surface area contributed by atoms with Gasteiger partial charge in [0.2, 0.25) is 17.7 Å². The van der Waals surface area contributed by atoms with Crippen molar-refractivity contribution in [1.29, 1.82) is 5.41 Å². The van der Waals surface area contributed by atoms with Crippen molar-refractivity contribution in [2.75, 3.05) is 6.61 Å². The number of aromatic nitrogens is 1. The maximum absolute atomic E-state index is 13.2. The Hall–Kier alpha value is -4.02. The number of fused-ring (bicyclic) bond motifs is 1. The van der Waals surface area contributed by atoms with Crippen LogP contribution in [0.4, 0.5) is 0 Å². The lowest BCUT2D eigenvalue weighted by molar-refractivity contribution is -0.147. The number of rotatable bonds is 13. The number of carbonyl (C=O) groups is 5. The van der Waals surface area contributed by atoms with E-state index in [1.54, 1.807) is 13.1 Å². The summed E-state index contributed by atoms with van der Waals surface area (Å²) >= 11 is 0. The van der Waals surface area contributed by atoms with Gasteiger partial charge in [0.25, 0.3) is 0 Å². The highest BCUT2D eigenvalue weighted by Crippen LogP contribution is 2.19. The Bertz CT molecular complexity index is 1100. The van der Waals surface area contributed by atoms with Gasteiger partial charge in [0.1, 0.15) is 18.1 Å². The number of esters is 1. The number of H-pyrrole nitrogens is 1. The van der Waals surface area contributed by atoms with Gasteiger partial charge in [0.15, 0.2) is 5.78 Å². The number of benzene rings is 1. The van der Waals surface area contributed by atoms with Gasteiger partial charge in [-0.3, -0.25) is 19.2 Å². The molecule has 11 nitrogen and oxygen atoms in total. The molecule has 0 saturated heterocycles. The predicted octanol–water partition coefficient (Wildman–Crippen LogP) is 0.767. The van der Waals surface area contributed by atoms with Crippen molar-refractivity contribution in [2.24, 2.45) is 0 Å². The smallest absolute Gasteiger partial charge is 0.328 e. The predicted molar refractivity (Wildman–Crippen MR) is 129 cm³/mol. The number of Topliss-reactive ketones (excluding diaryl/α,β-unsaturated/α-hetero) is 1. The molecule has 35 heavy (non-hydrogen) atoms. The van der Waals surface area contributed by atoms with Gasteiger partial charge in [0.05, 0.1) is 12.8 Å². The molecular formula is C24H31N5O6. The molecular weight excluding hydrogens is 454 g/mol. The average molecular weight is 486 g/mol. The van der Waals surface area contributed by atoms with Gasteiger partial charge in [-0.2, -0.15) is 0 Å². The maximum atomic E-state index is 13.2. The molecule has 0 saturated carbocycles. The van der Waals surface area contributed by atoms with Crippen molar-refractivity contribution < 1.29 is 28.7 Å². The Kier molecular flexibility index (Phi) is 10.1. The van der Waals surface area contributed by atoms with Crippen molar-refractivity contribution in [1.82, 2.24) is 20.9 Å². The van der Waals surface area contributed by atoms with Crippen LogP contribution in [-0.2, 0) is 35.1 Å². The molecule has 0 aliphatic heterocycles. The summed E-state index contributed by atoms with van der Waals surface area (Å²) in [6, 6.07) is 4.36. The Labute approximate surface area is 202 Å². The van der Waals surface area contributed by atoms with Crippen LogP contribution in [0.3, 0.4) is 0 Å². The summed E-state index contributed by atoms with van der Waals surface area (Å²) in [6.07, 6.45) is 2.28. The first-order valence-corrected chi connectivity index (χ1v) is 11.3. The van der Waals surface area contributed by atoms with E-state index in [9.17, 15) is 24.0 Å². The molecule has 1 aromatic heterocycles. The molecule has 3 amide bonds. The SMILES string of the molecule is CCOC(=O)[C@@H](C)NC(=O)[C@H](CCC(=O)C=N)NC(=O)[C@H](Cc1c[nH]c2ccccc12)NC(C)=O. The number of para-hydroxylation sites is 1. The van der Waals surface area contributed by atoms with E-state index >= 15 is 0 Å². The zero-order chi connectivity index (χ0) is 26.0. The first-order valence-electron chi connectivity index (χ1n) is 11.3. The van der Waals surface area contributed by atoms with Crippen LogP contribution < -0.4 is 16.0 Å². The third-order valence-corrected chi connectivity index (χ3v) is 5.27. The zero-order valence-corrected chi connectivity index (χ0v) is 20.0. The normalized spacial score (nSPS) is 13.2. The van der Waals surface area contributed by atoms with Crippen LogP contribution in [0, 0.1) is 5.41 Å². The van der Waals surface area contributed by atoms with Gasteiger partial charge in [0, 0.05) is 36.9 Å². The standard InChI is InChI=1S/C24H31N5O6/c1-4-35-24(34)14(2)27-22(32)20(10-9-17(31)12-25)29-23(33)21(28-15(3)30)11-16-13-26-19-8-6-5-7-18(16)19/h5-8,12-14,20-21,25-26H,4,9-11H2,1-3H3,(H,27,32)(H,28,30)(H,29,33)/t14-,20+,21+/m1/s1. The highest BCUT2D eigenvalue weighted by atomic mass is 16.5. The molecule has 5 N–H and O–H groups in total. The molecule has 1 aromatic carbocycles. The molecule has 0 bridgehead atoms. The second kappa shape index (κ2) is 13.0. The van der Waals surface area contributed by atoms with Crippen molar-refractivity contribution in [2.45, 2.75) is 58.2 Å². The summed E-state index contributed by atoms with van der Waals surface area (Å²) in [5.41, 5.74) is 1.67. The lowest BCUT2D eigenvalue weighted by atomic mass is 10.0. The molecule has 0 unspecified atom stereocenters. The van der Waals surface area contributed by atoms with Gasteiger partial charge in [-0.15, -0.1) is 0 Å². The number of carbonyl (C=O) groups excluding carboxylic acids is 5. The highest BCUT2D eigenvalue weighted by molar-refractivity contribution is 6.26. The molecule has 0 fully saturated rings. The van der Waals surface area contributed by atoms with E-state index < -0.39 is 47.6 Å². The molecule has 0 radical (unpaired) electrons. The Morgan fingerprint density at radius 2 is 1.74 bits per heavy atom. The van der Waals surface area contributed by atoms with Crippen molar-refractivity contribution in [3.05, 3.63) is 36.0 Å². The van der Waals surface area contributed by atoms with Crippen LogP contribution in [0.5, 0.6) is 0 Å². The minimum absolute atomic E-state index is 0.0960. The number of ketones is 1. The maximum Gasteiger partial charge on any atom is 0.328 e. The van der Waals surface area contributed by atoms with Crippen molar-refractivity contribution >= 4 is 46.6 Å². The molecule has 0 aliphatic carbocycles. The lowest BCUT2D eigenvalue weighted by Gasteiger charge is -2.24. The average Bonchev–Trinajstić information content (AvgIpc) is 3.23. The van der Waals surface area contributed by atoms with Crippen molar-refractivity contribution in [3.63, 3.8) is 0 Å². The van der Waals surface area contributed by atoms with Crippen LogP contribution in [0.1, 0.15) is 39.2 Å². The van der Waals surface area contributed by atoms with Gasteiger partial charge in [-0.1, -0.05) is 18.2 Å². The highest BCUT2D eigenvalue weighted by Gasteiger charge is 2.29. The number of nitrogens with one attached hydrogen (secondary N) is 5. The van der Waals surface area contributed by atoms with E-state index in [-0.39, 0.29) is 25.9 Å². The van der Waals surface area contributed by atoms with Crippen LogP contribution in [-0.4, -0.2) is 65.4 Å². The molecule has 0 spiro atoms. The quantitative estimate of drug-likeness (QED) is 0.207. The fourth-order valence-electron chi connectivity index (χ4n) is 3.52. The van der Waals surface area contributed by atoms with Crippen molar-refractivity contribution in [3.8, 4) is 0 Å². The largest absolute Gasteiger partial charge is 0.464 e. The fourth-order valence-corrected chi connectivity index (χ4v) is 3.52. The lowest BCUT2D eigenvalue weighted by Crippen LogP contribution is -2.55. The number of aromatic amines is 1. The van der Waals surface area contributed by atoms with Gasteiger partial charge >= 0.3 is 5.97 Å². The third kappa shape index (κ3) is 8.05. The Morgan fingerprint density at radius 3 is 2.40 bits per heavy atom. The van der Waals surface area contributed by atoms with E-state index in [2.05, 4.69) is 20.9 Å². The summed E-state index contributed by atoms with van der Waals surface area (Å²) in [5, 5.41) is 15.6. The second-order valence-electron chi connectivity index (χ2n) is 8.01. The minimum atomic E-state index is -1.18. The van der Waals surface area contributed by atoms with Crippen LogP contribution in [0.2, 0.25) is 0 Å². The minimum Gasteiger partial charge on any atom is -0.464 e. The van der Waals surface area contributed by atoms with E-state index in [0.29, 0.717) is 6.21 Å². The summed E-state index contributed by atoms with van der Waals surface area (Å²) in [6.45, 7) is 4.49. The Morgan fingerprint density at radius 1 is 1.06 bits per heavy atom. The zero-order valence-electron chi connectivity index (χ0n) is 20.0. The fraction of sp³-hybridized carbons (Fsp3) is 0.417. The number of ether oxygens (including phenoxy) is 1. The molecule has 188 valence electrons. The number of hydrogen-bond donors (Lipinski definition) is 5. The third-order valence-electron chi connectivity index (χ3n) is 5.27. The van der Waals surface area contributed by atoms with E-state index in [1.165, 1.54) is 13.8 Å². The van der Waals surface area contributed by atoms with Gasteiger partial charge < -0.3 is 31.1 Å². The summed E-state index contributed by atoms with van der Waals surface area (Å²) in [7, 11) is 0.